The van der Waals surface area contributed by atoms with Crippen LogP contribution < -0.4 is 19.5 Å². The molecule has 30 heavy (non-hydrogen) atoms. The zero-order valence-corrected chi connectivity index (χ0v) is 18.7. The SMILES string of the molecule is CCCOc1ccc(C(=O)NCc2cccc(S(=O)(=O)NC(C)C)c2)cc1OCC. The van der Waals surface area contributed by atoms with Crippen LogP contribution in [-0.4, -0.2) is 33.6 Å². The Morgan fingerprint density at radius 2 is 1.80 bits per heavy atom. The van der Waals surface area contributed by atoms with E-state index in [2.05, 4.69) is 10.0 Å². The first kappa shape index (κ1) is 23.7. The largest absolute Gasteiger partial charge is 0.490 e. The van der Waals surface area contributed by atoms with E-state index in [0.717, 1.165) is 6.42 Å². The van der Waals surface area contributed by atoms with Crippen LogP contribution in [0.15, 0.2) is 47.4 Å². The van der Waals surface area contributed by atoms with E-state index in [9.17, 15) is 13.2 Å². The Balaban J connectivity index is 2.10. The van der Waals surface area contributed by atoms with Gasteiger partial charge >= 0.3 is 0 Å². The third-order valence-corrected chi connectivity index (χ3v) is 5.68. The van der Waals surface area contributed by atoms with Gasteiger partial charge in [-0.25, -0.2) is 13.1 Å². The van der Waals surface area contributed by atoms with Gasteiger partial charge in [0.1, 0.15) is 0 Å². The minimum absolute atomic E-state index is 0.166. The maximum atomic E-state index is 12.6. The quantitative estimate of drug-likeness (QED) is 0.565. The zero-order chi connectivity index (χ0) is 22.1. The average Bonchev–Trinajstić information content (AvgIpc) is 2.70. The van der Waals surface area contributed by atoms with Crippen molar-refractivity contribution in [2.45, 2.75) is 51.6 Å². The van der Waals surface area contributed by atoms with Gasteiger partial charge in [-0.3, -0.25) is 4.79 Å². The summed E-state index contributed by atoms with van der Waals surface area (Å²) in [4.78, 5) is 12.8. The van der Waals surface area contributed by atoms with Crippen molar-refractivity contribution in [2.75, 3.05) is 13.2 Å². The summed E-state index contributed by atoms with van der Waals surface area (Å²) in [5.41, 5.74) is 1.12. The maximum absolute atomic E-state index is 12.6. The molecule has 0 atom stereocenters. The molecule has 0 radical (unpaired) electrons. The van der Waals surface area contributed by atoms with Gasteiger partial charge in [-0.1, -0.05) is 19.1 Å². The molecule has 2 rings (SSSR count). The summed E-state index contributed by atoms with van der Waals surface area (Å²) in [5.74, 6) is 0.837. The number of carbonyl (C=O) groups excluding carboxylic acids is 1. The summed E-state index contributed by atoms with van der Waals surface area (Å²) in [6.45, 7) is 8.62. The highest BCUT2D eigenvalue weighted by molar-refractivity contribution is 7.89. The maximum Gasteiger partial charge on any atom is 0.251 e. The van der Waals surface area contributed by atoms with Crippen LogP contribution in [0.1, 0.15) is 50.0 Å². The predicted molar refractivity (Wildman–Crippen MR) is 116 cm³/mol. The zero-order valence-electron chi connectivity index (χ0n) is 17.9. The highest BCUT2D eigenvalue weighted by Gasteiger charge is 2.16. The van der Waals surface area contributed by atoms with Crippen molar-refractivity contribution >= 4 is 15.9 Å². The van der Waals surface area contributed by atoms with Crippen LogP contribution in [0.3, 0.4) is 0 Å². The fourth-order valence-electron chi connectivity index (χ4n) is 2.73. The third kappa shape index (κ3) is 6.74. The molecule has 8 heteroatoms. The summed E-state index contributed by atoms with van der Waals surface area (Å²) in [6, 6.07) is 11.3. The van der Waals surface area contributed by atoms with Gasteiger partial charge in [0.25, 0.3) is 5.91 Å². The molecule has 0 saturated heterocycles. The number of rotatable bonds is 11. The Kier molecular flexibility index (Phi) is 8.68. The third-order valence-electron chi connectivity index (χ3n) is 4.02. The molecule has 2 aromatic carbocycles. The number of carbonyl (C=O) groups is 1. The molecule has 0 saturated carbocycles. The van der Waals surface area contributed by atoms with E-state index in [1.165, 1.54) is 6.07 Å². The number of hydrogen-bond acceptors (Lipinski definition) is 5. The molecule has 0 aliphatic heterocycles. The molecule has 1 amide bonds. The van der Waals surface area contributed by atoms with Crippen LogP contribution in [0.2, 0.25) is 0 Å². The molecule has 0 aliphatic carbocycles. The second-order valence-electron chi connectivity index (χ2n) is 7.05. The normalized spacial score (nSPS) is 11.4. The molecule has 0 aliphatic rings. The van der Waals surface area contributed by atoms with Crippen molar-refractivity contribution in [1.82, 2.24) is 10.0 Å². The number of amides is 1. The Morgan fingerprint density at radius 3 is 2.47 bits per heavy atom. The number of nitrogens with one attached hydrogen (secondary N) is 2. The van der Waals surface area contributed by atoms with Crippen molar-refractivity contribution in [2.24, 2.45) is 0 Å². The molecule has 7 nitrogen and oxygen atoms in total. The molecule has 2 aromatic rings. The van der Waals surface area contributed by atoms with Gasteiger partial charge in [0.05, 0.1) is 18.1 Å². The summed E-state index contributed by atoms with van der Waals surface area (Å²) in [6.07, 6.45) is 0.870. The van der Waals surface area contributed by atoms with Crippen LogP contribution >= 0.6 is 0 Å². The minimum Gasteiger partial charge on any atom is -0.490 e. The highest BCUT2D eigenvalue weighted by Crippen LogP contribution is 2.28. The number of benzene rings is 2. The lowest BCUT2D eigenvalue weighted by Crippen LogP contribution is -2.30. The van der Waals surface area contributed by atoms with E-state index in [-0.39, 0.29) is 23.4 Å². The van der Waals surface area contributed by atoms with Crippen molar-refractivity contribution in [1.29, 1.82) is 0 Å². The van der Waals surface area contributed by atoms with Crippen molar-refractivity contribution in [3.63, 3.8) is 0 Å². The first-order valence-electron chi connectivity index (χ1n) is 10.1. The van der Waals surface area contributed by atoms with Gasteiger partial charge in [-0.15, -0.1) is 0 Å². The van der Waals surface area contributed by atoms with Gasteiger partial charge in [0, 0.05) is 18.2 Å². The summed E-state index contributed by atoms with van der Waals surface area (Å²) >= 11 is 0. The second kappa shape index (κ2) is 11.0. The number of hydrogen-bond donors (Lipinski definition) is 2. The fraction of sp³-hybridized carbons (Fsp3) is 0.409. The average molecular weight is 435 g/mol. The van der Waals surface area contributed by atoms with Gasteiger partial charge < -0.3 is 14.8 Å². The second-order valence-corrected chi connectivity index (χ2v) is 8.76. The van der Waals surface area contributed by atoms with Crippen molar-refractivity contribution in [3.05, 3.63) is 53.6 Å². The molecule has 0 aromatic heterocycles. The van der Waals surface area contributed by atoms with Gasteiger partial charge in [0.15, 0.2) is 11.5 Å². The molecule has 2 N–H and O–H groups in total. The Morgan fingerprint density at radius 1 is 1.03 bits per heavy atom. The lowest BCUT2D eigenvalue weighted by molar-refractivity contribution is 0.0950. The molecular weight excluding hydrogens is 404 g/mol. The van der Waals surface area contributed by atoms with Crippen molar-refractivity contribution < 1.29 is 22.7 Å². The summed E-state index contributed by atoms with van der Waals surface area (Å²) in [5, 5.41) is 2.82. The van der Waals surface area contributed by atoms with Crippen LogP contribution in [0, 0.1) is 0 Å². The van der Waals surface area contributed by atoms with Gasteiger partial charge in [-0.2, -0.15) is 0 Å². The predicted octanol–water partition coefficient (Wildman–Crippen LogP) is 3.49. The summed E-state index contributed by atoms with van der Waals surface area (Å²) in [7, 11) is -3.59. The Hall–Kier alpha value is -2.58. The molecule has 0 bridgehead atoms. The van der Waals surface area contributed by atoms with E-state index in [1.807, 2.05) is 13.8 Å². The number of sulfonamides is 1. The smallest absolute Gasteiger partial charge is 0.251 e. The molecule has 0 unspecified atom stereocenters. The Labute approximate surface area is 178 Å². The minimum atomic E-state index is -3.59. The first-order valence-corrected chi connectivity index (χ1v) is 11.5. The lowest BCUT2D eigenvalue weighted by Gasteiger charge is -2.13. The topological polar surface area (TPSA) is 93.7 Å². The first-order chi connectivity index (χ1) is 14.3. The standard InChI is InChI=1S/C22H30N2O5S/c1-5-12-29-20-11-10-18(14-21(20)28-6-2)22(25)23-15-17-8-7-9-19(13-17)30(26,27)24-16(3)4/h7-11,13-14,16,24H,5-6,12,15H2,1-4H3,(H,23,25). The lowest BCUT2D eigenvalue weighted by atomic mass is 10.1. The fourth-order valence-corrected chi connectivity index (χ4v) is 4.06. The molecular formula is C22H30N2O5S. The molecule has 164 valence electrons. The van der Waals surface area contributed by atoms with E-state index in [1.54, 1.807) is 50.2 Å². The van der Waals surface area contributed by atoms with E-state index in [4.69, 9.17) is 9.47 Å². The van der Waals surface area contributed by atoms with Crippen LogP contribution in [0.4, 0.5) is 0 Å². The van der Waals surface area contributed by atoms with Gasteiger partial charge in [0.2, 0.25) is 10.0 Å². The Bertz CT molecular complexity index is 958. The number of ether oxygens (including phenoxy) is 2. The summed E-state index contributed by atoms with van der Waals surface area (Å²) < 4.78 is 38.5. The molecule has 0 spiro atoms. The van der Waals surface area contributed by atoms with E-state index >= 15 is 0 Å². The highest BCUT2D eigenvalue weighted by atomic mass is 32.2. The van der Waals surface area contributed by atoms with Crippen molar-refractivity contribution in [3.8, 4) is 11.5 Å². The molecule has 0 fully saturated rings. The van der Waals surface area contributed by atoms with Crippen LogP contribution in [0.5, 0.6) is 11.5 Å². The van der Waals surface area contributed by atoms with Crippen LogP contribution in [0.25, 0.3) is 0 Å². The monoisotopic (exact) mass is 434 g/mol. The van der Waals surface area contributed by atoms with E-state index in [0.29, 0.717) is 35.8 Å². The van der Waals surface area contributed by atoms with Crippen LogP contribution in [-0.2, 0) is 16.6 Å². The van der Waals surface area contributed by atoms with E-state index < -0.39 is 10.0 Å². The van der Waals surface area contributed by atoms with Gasteiger partial charge in [-0.05, 0) is 63.1 Å². The molecule has 0 heterocycles.